The third-order valence-corrected chi connectivity index (χ3v) is 5.10. The number of carbonyl (C=O) groups is 1. The summed E-state index contributed by atoms with van der Waals surface area (Å²) in [5.41, 5.74) is -0.000985. The first kappa shape index (κ1) is 21.9. The molecule has 0 saturated heterocycles. The average Bonchev–Trinajstić information content (AvgIpc) is 2.92. The van der Waals surface area contributed by atoms with Gasteiger partial charge in [-0.25, -0.2) is 4.98 Å². The summed E-state index contributed by atoms with van der Waals surface area (Å²) >= 11 is 6.29. The summed E-state index contributed by atoms with van der Waals surface area (Å²) in [4.78, 5) is 18.9. The average molecular weight is 464 g/mol. The van der Waals surface area contributed by atoms with Crippen LogP contribution < -0.4 is 15.0 Å². The van der Waals surface area contributed by atoms with Gasteiger partial charge in [-0.2, -0.15) is 13.2 Å². The predicted molar refractivity (Wildman–Crippen MR) is 114 cm³/mol. The van der Waals surface area contributed by atoms with Crippen LogP contribution >= 0.6 is 11.6 Å². The van der Waals surface area contributed by atoms with Crippen LogP contribution in [0.5, 0.6) is 5.75 Å². The van der Waals surface area contributed by atoms with Crippen LogP contribution in [-0.4, -0.2) is 35.3 Å². The standard InChI is InChI=1S/C22H17ClF3N3O3/c23-17-4-2-10-27-20(17)29-11-15(30)12-32-19-16(3-1-5-18(19)29)21(31)28-14-8-6-13(7-9-14)22(24,25)26/h1-10,15,30H,11-12H2,(H,28,31)/t15-/m1/s1. The van der Waals surface area contributed by atoms with E-state index < -0.39 is 23.8 Å². The second-order valence-corrected chi connectivity index (χ2v) is 7.47. The van der Waals surface area contributed by atoms with Gasteiger partial charge in [-0.05, 0) is 48.5 Å². The molecular weight excluding hydrogens is 447 g/mol. The Balaban J connectivity index is 1.67. The van der Waals surface area contributed by atoms with Gasteiger partial charge in [0.2, 0.25) is 0 Å². The molecule has 1 aliphatic heterocycles. The van der Waals surface area contributed by atoms with Crippen LogP contribution in [0.1, 0.15) is 15.9 Å². The Bertz CT molecular complexity index is 1140. The molecule has 0 aliphatic carbocycles. The van der Waals surface area contributed by atoms with Crippen LogP contribution in [0.2, 0.25) is 5.02 Å². The molecule has 0 saturated carbocycles. The van der Waals surface area contributed by atoms with E-state index in [2.05, 4.69) is 10.3 Å². The van der Waals surface area contributed by atoms with Crippen LogP contribution in [0, 0.1) is 0 Å². The van der Waals surface area contributed by atoms with E-state index in [4.69, 9.17) is 16.3 Å². The van der Waals surface area contributed by atoms with E-state index in [9.17, 15) is 23.1 Å². The van der Waals surface area contributed by atoms with Gasteiger partial charge in [0.05, 0.1) is 28.4 Å². The topological polar surface area (TPSA) is 74.7 Å². The lowest BCUT2D eigenvalue weighted by Crippen LogP contribution is -2.30. The van der Waals surface area contributed by atoms with Gasteiger partial charge in [0.15, 0.2) is 11.6 Å². The number of benzene rings is 2. The zero-order valence-corrected chi connectivity index (χ0v) is 17.2. The van der Waals surface area contributed by atoms with Crippen molar-refractivity contribution in [1.82, 2.24) is 4.98 Å². The van der Waals surface area contributed by atoms with Crippen LogP contribution in [0.15, 0.2) is 60.8 Å². The Kier molecular flexibility index (Phi) is 5.94. The number of ether oxygens (including phenoxy) is 1. The lowest BCUT2D eigenvalue weighted by molar-refractivity contribution is -0.137. The second-order valence-electron chi connectivity index (χ2n) is 7.07. The number of halogens is 4. The normalized spacial score (nSPS) is 16.0. The van der Waals surface area contributed by atoms with Crippen molar-refractivity contribution in [3.05, 3.63) is 76.9 Å². The van der Waals surface area contributed by atoms with E-state index in [-0.39, 0.29) is 30.2 Å². The zero-order chi connectivity index (χ0) is 22.9. The highest BCUT2D eigenvalue weighted by Crippen LogP contribution is 2.40. The van der Waals surface area contributed by atoms with Gasteiger partial charge in [-0.15, -0.1) is 0 Å². The van der Waals surface area contributed by atoms with Crippen LogP contribution in [0.4, 0.5) is 30.4 Å². The quantitative estimate of drug-likeness (QED) is 0.578. The molecule has 3 aromatic rings. The van der Waals surface area contributed by atoms with Crippen LogP contribution in [0.25, 0.3) is 0 Å². The van der Waals surface area contributed by atoms with Crippen molar-refractivity contribution < 1.29 is 27.8 Å². The van der Waals surface area contributed by atoms with Gasteiger partial charge in [0, 0.05) is 11.9 Å². The van der Waals surface area contributed by atoms with E-state index in [1.165, 1.54) is 18.2 Å². The monoisotopic (exact) mass is 463 g/mol. The number of para-hydroxylation sites is 1. The number of aliphatic hydroxyl groups excluding tert-OH is 1. The van der Waals surface area contributed by atoms with Crippen molar-refractivity contribution in [3.8, 4) is 5.75 Å². The molecule has 2 N–H and O–H groups in total. The summed E-state index contributed by atoms with van der Waals surface area (Å²) in [5.74, 6) is 0.0144. The number of fused-ring (bicyclic) bond motifs is 1. The maximum atomic E-state index is 12.9. The number of nitrogens with zero attached hydrogens (tertiary/aromatic N) is 2. The van der Waals surface area contributed by atoms with Crippen molar-refractivity contribution in [2.24, 2.45) is 0 Å². The van der Waals surface area contributed by atoms with Crippen molar-refractivity contribution in [1.29, 1.82) is 0 Å². The molecule has 2 heterocycles. The molecule has 0 unspecified atom stereocenters. The number of amides is 1. The summed E-state index contributed by atoms with van der Waals surface area (Å²) in [6.07, 6.45) is -3.80. The van der Waals surface area contributed by atoms with Crippen molar-refractivity contribution >= 4 is 34.7 Å². The number of anilines is 3. The molecule has 4 rings (SSSR count). The Morgan fingerprint density at radius 1 is 1.16 bits per heavy atom. The summed E-state index contributed by atoms with van der Waals surface area (Å²) < 4.78 is 44.0. The highest BCUT2D eigenvalue weighted by atomic mass is 35.5. The number of pyridine rings is 1. The fourth-order valence-electron chi connectivity index (χ4n) is 3.33. The van der Waals surface area contributed by atoms with Gasteiger partial charge in [-0.1, -0.05) is 17.7 Å². The number of aliphatic hydroxyl groups is 1. The first-order valence-corrected chi connectivity index (χ1v) is 9.92. The smallest absolute Gasteiger partial charge is 0.416 e. The van der Waals surface area contributed by atoms with Crippen molar-refractivity contribution in [2.75, 3.05) is 23.4 Å². The third kappa shape index (κ3) is 4.49. The number of alkyl halides is 3. The van der Waals surface area contributed by atoms with Crippen LogP contribution in [0.3, 0.4) is 0 Å². The molecule has 1 atom stereocenters. The molecule has 1 aliphatic rings. The largest absolute Gasteiger partial charge is 0.488 e. The second kappa shape index (κ2) is 8.68. The molecule has 0 bridgehead atoms. The molecule has 1 amide bonds. The number of hydrogen-bond acceptors (Lipinski definition) is 5. The Hall–Kier alpha value is -3.30. The molecule has 1 aromatic heterocycles. The summed E-state index contributed by atoms with van der Waals surface area (Å²) in [6.45, 7) is 0.0617. The number of aromatic nitrogens is 1. The Morgan fingerprint density at radius 3 is 2.59 bits per heavy atom. The van der Waals surface area contributed by atoms with Gasteiger partial charge >= 0.3 is 6.18 Å². The molecule has 0 fully saturated rings. The minimum Gasteiger partial charge on any atom is -0.488 e. The van der Waals surface area contributed by atoms with Crippen molar-refractivity contribution in [3.63, 3.8) is 0 Å². The molecule has 10 heteroatoms. The van der Waals surface area contributed by atoms with Crippen LogP contribution in [-0.2, 0) is 6.18 Å². The Morgan fingerprint density at radius 2 is 1.91 bits per heavy atom. The summed E-state index contributed by atoms with van der Waals surface area (Å²) in [6, 6.07) is 12.3. The molecule has 0 radical (unpaired) electrons. The number of rotatable bonds is 3. The van der Waals surface area contributed by atoms with Gasteiger partial charge < -0.3 is 20.1 Å². The van der Waals surface area contributed by atoms with Gasteiger partial charge in [-0.3, -0.25) is 4.79 Å². The first-order valence-electron chi connectivity index (χ1n) is 9.54. The van der Waals surface area contributed by atoms with E-state index >= 15 is 0 Å². The minimum atomic E-state index is -4.47. The fourth-order valence-corrected chi connectivity index (χ4v) is 3.55. The molecule has 32 heavy (non-hydrogen) atoms. The summed E-state index contributed by atoms with van der Waals surface area (Å²) in [5, 5.41) is 13.2. The fraction of sp³-hybridized carbons (Fsp3) is 0.182. The first-order chi connectivity index (χ1) is 15.2. The highest BCUT2D eigenvalue weighted by molar-refractivity contribution is 6.33. The number of hydrogen-bond donors (Lipinski definition) is 2. The Labute approximate surface area is 186 Å². The molecule has 166 valence electrons. The maximum Gasteiger partial charge on any atom is 0.416 e. The number of carbonyl (C=O) groups excluding carboxylic acids is 1. The molecule has 2 aromatic carbocycles. The minimum absolute atomic E-state index is 0.0709. The summed E-state index contributed by atoms with van der Waals surface area (Å²) in [7, 11) is 0. The lowest BCUT2D eigenvalue weighted by Gasteiger charge is -2.25. The highest BCUT2D eigenvalue weighted by Gasteiger charge is 2.31. The van der Waals surface area contributed by atoms with E-state index in [0.717, 1.165) is 12.1 Å². The number of β-amino-alcohol motifs (C(OH)–C–C–N with tert-alkyl or cyclic N) is 1. The van der Waals surface area contributed by atoms with Gasteiger partial charge in [0.1, 0.15) is 12.7 Å². The molecule has 6 nitrogen and oxygen atoms in total. The maximum absolute atomic E-state index is 12.9. The van der Waals surface area contributed by atoms with E-state index in [0.29, 0.717) is 16.5 Å². The van der Waals surface area contributed by atoms with Gasteiger partial charge in [0.25, 0.3) is 5.91 Å². The van der Waals surface area contributed by atoms with E-state index in [1.807, 2.05) is 0 Å². The predicted octanol–water partition coefficient (Wildman–Crippen LogP) is 4.90. The zero-order valence-electron chi connectivity index (χ0n) is 16.4. The lowest BCUT2D eigenvalue weighted by atomic mass is 10.1. The van der Waals surface area contributed by atoms with Crippen molar-refractivity contribution in [2.45, 2.75) is 12.3 Å². The third-order valence-electron chi connectivity index (χ3n) is 4.81. The molecule has 0 spiro atoms. The number of nitrogens with one attached hydrogen (secondary N) is 1. The SMILES string of the molecule is O=C(Nc1ccc(C(F)(F)F)cc1)c1cccc2c1OC[C@H](O)CN2c1ncccc1Cl. The van der Waals surface area contributed by atoms with E-state index in [1.54, 1.807) is 35.4 Å². The molecular formula is C22H17ClF3N3O3.